The molecule has 0 aliphatic carbocycles. The van der Waals surface area contributed by atoms with Gasteiger partial charge >= 0.3 is 0 Å². The average Bonchev–Trinajstić information content (AvgIpc) is 2.33. The normalized spacial score (nSPS) is 17.7. The van der Waals surface area contributed by atoms with Crippen LogP contribution in [0.1, 0.15) is 26.2 Å². The minimum Gasteiger partial charge on any atom is -0.341 e. The Labute approximate surface area is 103 Å². The van der Waals surface area contributed by atoms with E-state index >= 15 is 0 Å². The standard InChI is InChI=1S/C12H22N4O/c1-2-16(7-3-6-13)12(17)10-15-8-4-11(14)5-9-15/h11H,2-5,7-10,14H2,1H3. The molecule has 0 aromatic carbocycles. The summed E-state index contributed by atoms with van der Waals surface area (Å²) in [6.07, 6.45) is 2.35. The molecule has 5 heteroatoms. The van der Waals surface area contributed by atoms with Crippen molar-refractivity contribution in [2.75, 3.05) is 32.7 Å². The first-order valence-corrected chi connectivity index (χ1v) is 6.30. The van der Waals surface area contributed by atoms with E-state index in [4.69, 9.17) is 11.0 Å². The number of likely N-dealkylation sites (tertiary alicyclic amines) is 1. The van der Waals surface area contributed by atoms with Gasteiger partial charge in [0.2, 0.25) is 5.91 Å². The highest BCUT2D eigenvalue weighted by Crippen LogP contribution is 2.08. The number of hydrogen-bond donors (Lipinski definition) is 1. The van der Waals surface area contributed by atoms with Crippen molar-refractivity contribution in [3.05, 3.63) is 0 Å². The second-order valence-electron chi connectivity index (χ2n) is 4.50. The van der Waals surface area contributed by atoms with Crippen LogP contribution >= 0.6 is 0 Å². The number of rotatable bonds is 5. The number of hydrogen-bond acceptors (Lipinski definition) is 4. The van der Waals surface area contributed by atoms with Crippen molar-refractivity contribution in [2.45, 2.75) is 32.2 Å². The predicted octanol–water partition coefficient (Wildman–Crippen LogP) is 0.172. The van der Waals surface area contributed by atoms with E-state index in [1.54, 1.807) is 4.90 Å². The van der Waals surface area contributed by atoms with Crippen LogP contribution in [-0.2, 0) is 4.79 Å². The molecule has 0 spiro atoms. The summed E-state index contributed by atoms with van der Waals surface area (Å²) in [6, 6.07) is 2.37. The van der Waals surface area contributed by atoms with Crippen LogP contribution in [-0.4, -0.2) is 54.5 Å². The zero-order valence-corrected chi connectivity index (χ0v) is 10.6. The lowest BCUT2D eigenvalue weighted by Crippen LogP contribution is -2.45. The van der Waals surface area contributed by atoms with Crippen LogP contribution < -0.4 is 5.73 Å². The molecule has 0 bridgehead atoms. The van der Waals surface area contributed by atoms with Crippen LogP contribution in [0.25, 0.3) is 0 Å². The number of amides is 1. The largest absolute Gasteiger partial charge is 0.341 e. The van der Waals surface area contributed by atoms with Gasteiger partial charge in [0.1, 0.15) is 0 Å². The molecule has 0 aromatic heterocycles. The number of nitrogens with two attached hydrogens (primary N) is 1. The lowest BCUT2D eigenvalue weighted by Gasteiger charge is -2.31. The lowest BCUT2D eigenvalue weighted by atomic mass is 10.1. The molecule has 5 nitrogen and oxygen atoms in total. The minimum absolute atomic E-state index is 0.123. The van der Waals surface area contributed by atoms with Crippen molar-refractivity contribution in [1.29, 1.82) is 5.26 Å². The number of likely N-dealkylation sites (N-methyl/N-ethyl adjacent to an activating group) is 1. The Morgan fingerprint density at radius 3 is 2.71 bits per heavy atom. The molecule has 0 atom stereocenters. The van der Waals surface area contributed by atoms with Crippen molar-refractivity contribution >= 4 is 5.91 Å². The van der Waals surface area contributed by atoms with Gasteiger partial charge in [-0.1, -0.05) is 0 Å². The Hall–Kier alpha value is -1.12. The number of nitriles is 1. The van der Waals surface area contributed by atoms with Gasteiger partial charge in [-0.3, -0.25) is 9.69 Å². The van der Waals surface area contributed by atoms with Gasteiger partial charge in [0.15, 0.2) is 0 Å². The SMILES string of the molecule is CCN(CCC#N)C(=O)CN1CCC(N)CC1. The fourth-order valence-electron chi connectivity index (χ4n) is 2.05. The van der Waals surface area contributed by atoms with Crippen LogP contribution in [0.4, 0.5) is 0 Å². The van der Waals surface area contributed by atoms with E-state index in [-0.39, 0.29) is 5.91 Å². The molecule has 0 radical (unpaired) electrons. The maximum atomic E-state index is 12.0. The summed E-state index contributed by atoms with van der Waals surface area (Å²) in [5, 5.41) is 8.53. The van der Waals surface area contributed by atoms with E-state index in [1.807, 2.05) is 6.92 Å². The molecular weight excluding hydrogens is 216 g/mol. The predicted molar refractivity (Wildman–Crippen MR) is 66.1 cm³/mol. The summed E-state index contributed by atoms with van der Waals surface area (Å²) in [5.74, 6) is 0.123. The van der Waals surface area contributed by atoms with Gasteiger partial charge in [-0.05, 0) is 19.8 Å². The lowest BCUT2D eigenvalue weighted by molar-refractivity contribution is -0.132. The quantitative estimate of drug-likeness (QED) is 0.741. The molecule has 1 saturated heterocycles. The average molecular weight is 238 g/mol. The first-order valence-electron chi connectivity index (χ1n) is 6.30. The third kappa shape index (κ3) is 4.72. The highest BCUT2D eigenvalue weighted by atomic mass is 16.2. The van der Waals surface area contributed by atoms with E-state index in [0.29, 0.717) is 32.1 Å². The zero-order chi connectivity index (χ0) is 12.7. The first-order chi connectivity index (χ1) is 8.17. The van der Waals surface area contributed by atoms with Crippen LogP contribution in [0.15, 0.2) is 0 Å². The van der Waals surface area contributed by atoms with Crippen LogP contribution in [0.3, 0.4) is 0 Å². The zero-order valence-electron chi connectivity index (χ0n) is 10.6. The summed E-state index contributed by atoms with van der Waals surface area (Å²) in [4.78, 5) is 15.9. The van der Waals surface area contributed by atoms with Crippen molar-refractivity contribution in [2.24, 2.45) is 5.73 Å². The monoisotopic (exact) mass is 238 g/mol. The summed E-state index contributed by atoms with van der Waals surface area (Å²) in [5.41, 5.74) is 5.82. The third-order valence-electron chi connectivity index (χ3n) is 3.22. The molecule has 1 amide bonds. The second-order valence-corrected chi connectivity index (χ2v) is 4.50. The van der Waals surface area contributed by atoms with Gasteiger partial charge in [0, 0.05) is 32.2 Å². The van der Waals surface area contributed by atoms with Crippen LogP contribution in [0, 0.1) is 11.3 Å². The van der Waals surface area contributed by atoms with E-state index in [9.17, 15) is 4.79 Å². The van der Waals surface area contributed by atoms with Crippen molar-refractivity contribution in [3.8, 4) is 6.07 Å². The molecule has 0 unspecified atom stereocenters. The van der Waals surface area contributed by atoms with Crippen molar-refractivity contribution < 1.29 is 4.79 Å². The Bertz CT molecular complexity index is 279. The van der Waals surface area contributed by atoms with Crippen molar-refractivity contribution in [1.82, 2.24) is 9.80 Å². The summed E-state index contributed by atoms with van der Waals surface area (Å²) in [6.45, 7) is 5.44. The molecule has 96 valence electrons. The Morgan fingerprint density at radius 1 is 1.53 bits per heavy atom. The Balaban J connectivity index is 2.34. The fraction of sp³-hybridized carbons (Fsp3) is 0.833. The second kappa shape index (κ2) is 7.25. The molecule has 1 fully saturated rings. The topological polar surface area (TPSA) is 73.4 Å². The smallest absolute Gasteiger partial charge is 0.236 e. The third-order valence-corrected chi connectivity index (χ3v) is 3.22. The van der Waals surface area contributed by atoms with Gasteiger partial charge in [0.05, 0.1) is 19.0 Å². The van der Waals surface area contributed by atoms with Gasteiger partial charge in [0.25, 0.3) is 0 Å². The summed E-state index contributed by atoms with van der Waals surface area (Å²) in [7, 11) is 0. The number of carbonyl (C=O) groups excluding carboxylic acids is 1. The van der Waals surface area contributed by atoms with Crippen LogP contribution in [0.2, 0.25) is 0 Å². The van der Waals surface area contributed by atoms with Gasteiger partial charge in [-0.25, -0.2) is 0 Å². The maximum Gasteiger partial charge on any atom is 0.236 e. The van der Waals surface area contributed by atoms with E-state index in [0.717, 1.165) is 25.9 Å². The number of carbonyl (C=O) groups is 1. The van der Waals surface area contributed by atoms with Gasteiger partial charge < -0.3 is 10.6 Å². The minimum atomic E-state index is 0.123. The van der Waals surface area contributed by atoms with E-state index in [2.05, 4.69) is 11.0 Å². The fourth-order valence-corrected chi connectivity index (χ4v) is 2.05. The highest BCUT2D eigenvalue weighted by Gasteiger charge is 2.20. The van der Waals surface area contributed by atoms with Crippen LogP contribution in [0.5, 0.6) is 0 Å². The Kier molecular flexibility index (Phi) is 5.95. The van der Waals surface area contributed by atoms with Crippen molar-refractivity contribution in [3.63, 3.8) is 0 Å². The molecule has 0 aromatic rings. The highest BCUT2D eigenvalue weighted by molar-refractivity contribution is 5.78. The van der Waals surface area contributed by atoms with Gasteiger partial charge in [-0.15, -0.1) is 0 Å². The molecule has 1 aliphatic rings. The molecular formula is C12H22N4O. The molecule has 2 N–H and O–H groups in total. The molecule has 1 aliphatic heterocycles. The summed E-state index contributed by atoms with van der Waals surface area (Å²) >= 11 is 0. The molecule has 17 heavy (non-hydrogen) atoms. The Morgan fingerprint density at radius 2 is 2.18 bits per heavy atom. The number of piperidine rings is 1. The first kappa shape index (κ1) is 13.9. The van der Waals surface area contributed by atoms with E-state index in [1.165, 1.54) is 0 Å². The molecule has 0 saturated carbocycles. The number of nitrogens with zero attached hydrogens (tertiary/aromatic N) is 3. The van der Waals surface area contributed by atoms with E-state index < -0.39 is 0 Å². The molecule has 1 rings (SSSR count). The maximum absolute atomic E-state index is 12.0. The van der Waals surface area contributed by atoms with Gasteiger partial charge in [-0.2, -0.15) is 5.26 Å². The molecule has 1 heterocycles. The summed E-state index contributed by atoms with van der Waals surface area (Å²) < 4.78 is 0.